The molecule has 1 aliphatic heterocycles. The van der Waals surface area contributed by atoms with Crippen molar-refractivity contribution < 1.29 is 4.79 Å². The van der Waals surface area contributed by atoms with Crippen LogP contribution in [0.15, 0.2) is 36.7 Å². The number of hydrogen-bond acceptors (Lipinski definition) is 6. The number of carbonyl (C=O) groups is 1. The molecule has 3 aromatic heterocycles. The lowest BCUT2D eigenvalue weighted by molar-refractivity contribution is -0.122. The van der Waals surface area contributed by atoms with Gasteiger partial charge >= 0.3 is 0 Å². The average molecular weight is 365 g/mol. The van der Waals surface area contributed by atoms with E-state index in [0.717, 1.165) is 39.7 Å². The first-order valence-electron chi connectivity index (χ1n) is 8.81. The molecule has 0 radical (unpaired) electrons. The lowest BCUT2D eigenvalue weighted by Crippen LogP contribution is -2.53. The van der Waals surface area contributed by atoms with Gasteiger partial charge in [0.25, 0.3) is 0 Å². The van der Waals surface area contributed by atoms with Crippen LogP contribution in [0.3, 0.4) is 0 Å². The molecule has 7 heteroatoms. The molecular weight excluding hydrogens is 346 g/mol. The second-order valence-electron chi connectivity index (χ2n) is 7.49. The van der Waals surface area contributed by atoms with Gasteiger partial charge in [-0.25, -0.2) is 15.0 Å². The summed E-state index contributed by atoms with van der Waals surface area (Å²) in [5.41, 5.74) is 1.45. The highest BCUT2D eigenvalue weighted by Gasteiger charge is 2.50. The predicted octanol–water partition coefficient (Wildman–Crippen LogP) is 3.35. The minimum Gasteiger partial charge on any atom is -0.359 e. The van der Waals surface area contributed by atoms with Gasteiger partial charge in [0.15, 0.2) is 5.13 Å². The van der Waals surface area contributed by atoms with Crippen molar-refractivity contribution in [3.63, 3.8) is 0 Å². The van der Waals surface area contributed by atoms with Crippen molar-refractivity contribution >= 4 is 38.5 Å². The standard InChI is InChI=1S/C19H19N5OS/c1-19(2)13-5-3-7-20-15(13)24(17(19)25)12-9-11(10-12)22-18-23-14-6-4-8-21-16(14)26-18/h3-8,11-12H,9-10H2,1-2H3,(H,22,23)/t11-,12-. The van der Waals surface area contributed by atoms with E-state index in [2.05, 4.69) is 20.3 Å². The quantitative estimate of drug-likeness (QED) is 0.771. The highest BCUT2D eigenvalue weighted by atomic mass is 32.1. The Bertz CT molecular complexity index is 975. The summed E-state index contributed by atoms with van der Waals surface area (Å²) >= 11 is 1.57. The van der Waals surface area contributed by atoms with Crippen LogP contribution in [0.2, 0.25) is 0 Å². The van der Waals surface area contributed by atoms with Gasteiger partial charge < -0.3 is 5.32 Å². The molecule has 0 unspecified atom stereocenters. The normalized spacial score (nSPS) is 23.8. The molecule has 0 saturated heterocycles. The Morgan fingerprint density at radius 1 is 1.19 bits per heavy atom. The molecule has 1 aliphatic carbocycles. The van der Waals surface area contributed by atoms with E-state index in [1.54, 1.807) is 23.7 Å². The van der Waals surface area contributed by atoms with E-state index in [0.29, 0.717) is 6.04 Å². The number of fused-ring (bicyclic) bond motifs is 2. The summed E-state index contributed by atoms with van der Waals surface area (Å²) in [5.74, 6) is 0.981. The van der Waals surface area contributed by atoms with E-state index in [4.69, 9.17) is 0 Å². The van der Waals surface area contributed by atoms with Crippen molar-refractivity contribution in [3.05, 3.63) is 42.2 Å². The van der Waals surface area contributed by atoms with Gasteiger partial charge in [0.05, 0.1) is 5.41 Å². The molecule has 0 aromatic carbocycles. The lowest BCUT2D eigenvalue weighted by Gasteiger charge is -2.41. The minimum atomic E-state index is -0.499. The second kappa shape index (κ2) is 5.48. The Labute approximate surface area is 155 Å². The van der Waals surface area contributed by atoms with Gasteiger partial charge in [-0.05, 0) is 44.9 Å². The Kier molecular flexibility index (Phi) is 3.31. The lowest BCUT2D eigenvalue weighted by atomic mass is 9.84. The maximum atomic E-state index is 12.9. The van der Waals surface area contributed by atoms with Gasteiger partial charge in [-0.2, -0.15) is 0 Å². The van der Waals surface area contributed by atoms with Crippen molar-refractivity contribution in [2.75, 3.05) is 10.2 Å². The number of carbonyl (C=O) groups excluding carboxylic acids is 1. The molecule has 26 heavy (non-hydrogen) atoms. The number of nitrogens with zero attached hydrogens (tertiary/aromatic N) is 4. The fourth-order valence-electron chi connectivity index (χ4n) is 3.85. The fraction of sp³-hybridized carbons (Fsp3) is 0.368. The zero-order valence-corrected chi connectivity index (χ0v) is 15.5. The van der Waals surface area contributed by atoms with E-state index in [-0.39, 0.29) is 11.9 Å². The molecule has 3 aromatic rings. The summed E-state index contributed by atoms with van der Waals surface area (Å²) in [6, 6.07) is 8.32. The number of nitrogens with one attached hydrogen (secondary N) is 1. The van der Waals surface area contributed by atoms with E-state index in [1.165, 1.54) is 0 Å². The molecule has 1 fully saturated rings. The summed E-state index contributed by atoms with van der Waals surface area (Å²) in [6.45, 7) is 3.97. The molecule has 0 atom stereocenters. The third-order valence-electron chi connectivity index (χ3n) is 5.41. The summed E-state index contributed by atoms with van der Waals surface area (Å²) in [4.78, 5) is 29.2. The van der Waals surface area contributed by atoms with Crippen LogP contribution in [-0.2, 0) is 10.2 Å². The third-order valence-corrected chi connectivity index (χ3v) is 6.32. The highest BCUT2D eigenvalue weighted by Crippen LogP contribution is 2.44. The van der Waals surface area contributed by atoms with Crippen LogP contribution in [0.5, 0.6) is 0 Å². The average Bonchev–Trinajstić information content (AvgIpc) is 3.09. The van der Waals surface area contributed by atoms with Crippen LogP contribution in [0, 0.1) is 0 Å². The molecule has 1 saturated carbocycles. The number of aromatic nitrogens is 3. The van der Waals surface area contributed by atoms with Crippen molar-refractivity contribution in [1.82, 2.24) is 15.0 Å². The first-order valence-corrected chi connectivity index (χ1v) is 9.63. The Morgan fingerprint density at radius 3 is 2.77 bits per heavy atom. The van der Waals surface area contributed by atoms with E-state index < -0.39 is 5.41 Å². The van der Waals surface area contributed by atoms with Gasteiger partial charge in [-0.15, -0.1) is 0 Å². The SMILES string of the molecule is CC1(C)C(=O)N([C@H]2C[C@H](Nc3nc4cccnc4s3)C2)c2ncccc21. The smallest absolute Gasteiger partial charge is 0.238 e. The number of thiazole rings is 1. The van der Waals surface area contributed by atoms with E-state index in [1.807, 2.05) is 43.0 Å². The monoisotopic (exact) mass is 365 g/mol. The van der Waals surface area contributed by atoms with Crippen LogP contribution in [0.4, 0.5) is 10.9 Å². The zero-order chi connectivity index (χ0) is 17.9. The Balaban J connectivity index is 1.32. The molecule has 6 nitrogen and oxygen atoms in total. The molecule has 1 amide bonds. The summed E-state index contributed by atoms with van der Waals surface area (Å²) in [7, 11) is 0. The summed E-state index contributed by atoms with van der Waals surface area (Å²) in [6.07, 6.45) is 5.36. The summed E-state index contributed by atoms with van der Waals surface area (Å²) in [5, 5.41) is 4.39. The van der Waals surface area contributed by atoms with Crippen molar-refractivity contribution in [2.45, 2.75) is 44.2 Å². The maximum absolute atomic E-state index is 12.9. The van der Waals surface area contributed by atoms with Crippen molar-refractivity contribution in [3.8, 4) is 0 Å². The molecule has 0 spiro atoms. The number of anilines is 2. The first-order chi connectivity index (χ1) is 12.5. The maximum Gasteiger partial charge on any atom is 0.238 e. The summed E-state index contributed by atoms with van der Waals surface area (Å²) < 4.78 is 0. The Morgan fingerprint density at radius 2 is 1.96 bits per heavy atom. The van der Waals surface area contributed by atoms with Gasteiger partial charge in [0, 0.05) is 30.0 Å². The number of rotatable bonds is 3. The van der Waals surface area contributed by atoms with Crippen LogP contribution < -0.4 is 10.2 Å². The molecule has 1 N–H and O–H groups in total. The van der Waals surface area contributed by atoms with Gasteiger partial charge in [-0.3, -0.25) is 9.69 Å². The molecule has 5 rings (SSSR count). The fourth-order valence-corrected chi connectivity index (χ4v) is 4.74. The highest BCUT2D eigenvalue weighted by molar-refractivity contribution is 7.21. The largest absolute Gasteiger partial charge is 0.359 e. The molecule has 4 heterocycles. The third kappa shape index (κ3) is 2.23. The van der Waals surface area contributed by atoms with Gasteiger partial charge in [0.2, 0.25) is 5.91 Å². The van der Waals surface area contributed by atoms with Crippen molar-refractivity contribution in [2.24, 2.45) is 0 Å². The number of amides is 1. The number of hydrogen-bond donors (Lipinski definition) is 1. The van der Waals surface area contributed by atoms with Gasteiger partial charge in [0.1, 0.15) is 16.2 Å². The predicted molar refractivity (Wildman–Crippen MR) is 103 cm³/mol. The van der Waals surface area contributed by atoms with E-state index in [9.17, 15) is 4.79 Å². The molecule has 0 bridgehead atoms. The van der Waals surface area contributed by atoms with Crippen LogP contribution in [0.1, 0.15) is 32.3 Å². The van der Waals surface area contributed by atoms with Crippen LogP contribution in [-0.4, -0.2) is 32.9 Å². The van der Waals surface area contributed by atoms with Crippen molar-refractivity contribution in [1.29, 1.82) is 0 Å². The minimum absolute atomic E-state index is 0.152. The Hall–Kier alpha value is -2.54. The molecule has 2 aliphatic rings. The van der Waals surface area contributed by atoms with Gasteiger partial charge in [-0.1, -0.05) is 17.4 Å². The van der Waals surface area contributed by atoms with Crippen LogP contribution >= 0.6 is 11.3 Å². The van der Waals surface area contributed by atoms with E-state index >= 15 is 0 Å². The first kappa shape index (κ1) is 15.7. The topological polar surface area (TPSA) is 71.0 Å². The second-order valence-corrected chi connectivity index (χ2v) is 8.47. The van der Waals surface area contributed by atoms with Crippen LogP contribution in [0.25, 0.3) is 10.3 Å². The molecular formula is C19H19N5OS. The number of pyridine rings is 2. The zero-order valence-electron chi connectivity index (χ0n) is 14.6. The molecule has 132 valence electrons.